The highest BCUT2D eigenvalue weighted by molar-refractivity contribution is 7.92. The topological polar surface area (TPSA) is 83.6 Å². The van der Waals surface area contributed by atoms with Gasteiger partial charge in [-0.25, -0.2) is 16.8 Å². The average Bonchev–Trinajstić information content (AvgIpc) is 2.73. The van der Waals surface area contributed by atoms with E-state index in [1.165, 1.54) is 4.31 Å². The predicted octanol–water partition coefficient (Wildman–Crippen LogP) is 4.27. The SMILES string of the molecule is CCCS(=O)(=O)N1CCCc2cc(NS(=O)(=O)Cc3cccc4ccccc34)ccc21. The number of nitrogens with one attached hydrogen (secondary N) is 1. The van der Waals surface area contributed by atoms with Crippen LogP contribution in [-0.4, -0.2) is 29.1 Å². The van der Waals surface area contributed by atoms with Crippen LogP contribution in [0, 0.1) is 0 Å². The Morgan fingerprint density at radius 3 is 2.55 bits per heavy atom. The lowest BCUT2D eigenvalue weighted by atomic mass is 10.0. The second-order valence-corrected chi connectivity index (χ2v) is 11.6. The van der Waals surface area contributed by atoms with Crippen molar-refractivity contribution in [3.8, 4) is 0 Å². The number of hydrogen-bond acceptors (Lipinski definition) is 4. The van der Waals surface area contributed by atoms with Gasteiger partial charge in [-0.1, -0.05) is 49.4 Å². The van der Waals surface area contributed by atoms with Gasteiger partial charge in [-0.05, 0) is 59.4 Å². The molecule has 0 saturated heterocycles. The third-order valence-corrected chi connectivity index (χ3v) is 8.66. The molecule has 6 nitrogen and oxygen atoms in total. The first-order chi connectivity index (χ1) is 14.8. The van der Waals surface area contributed by atoms with Crippen molar-refractivity contribution in [1.82, 2.24) is 0 Å². The van der Waals surface area contributed by atoms with Crippen LogP contribution in [0.1, 0.15) is 30.9 Å². The van der Waals surface area contributed by atoms with Gasteiger partial charge in [-0.3, -0.25) is 9.03 Å². The van der Waals surface area contributed by atoms with Crippen LogP contribution < -0.4 is 9.03 Å². The van der Waals surface area contributed by atoms with Gasteiger partial charge in [0.05, 0.1) is 17.2 Å². The van der Waals surface area contributed by atoms with Gasteiger partial charge in [0.2, 0.25) is 20.0 Å². The van der Waals surface area contributed by atoms with E-state index in [4.69, 9.17) is 0 Å². The number of sulfonamides is 2. The Morgan fingerprint density at radius 2 is 1.74 bits per heavy atom. The fraction of sp³-hybridized carbons (Fsp3) is 0.304. The van der Waals surface area contributed by atoms with Crippen molar-refractivity contribution in [1.29, 1.82) is 0 Å². The Hall–Kier alpha value is -2.58. The van der Waals surface area contributed by atoms with Crippen LogP contribution in [0.5, 0.6) is 0 Å². The molecule has 1 aliphatic heterocycles. The smallest absolute Gasteiger partial charge is 0.236 e. The number of aryl methyl sites for hydroxylation is 1. The zero-order valence-corrected chi connectivity index (χ0v) is 19.0. The first-order valence-electron chi connectivity index (χ1n) is 10.4. The molecule has 0 bridgehead atoms. The van der Waals surface area contributed by atoms with Crippen molar-refractivity contribution in [3.63, 3.8) is 0 Å². The summed E-state index contributed by atoms with van der Waals surface area (Å²) in [5.74, 6) is -0.0334. The Labute approximate surface area is 184 Å². The molecular weight excluding hydrogens is 432 g/mol. The van der Waals surface area contributed by atoms with E-state index in [0.717, 1.165) is 21.9 Å². The van der Waals surface area contributed by atoms with Crippen LogP contribution in [0.3, 0.4) is 0 Å². The van der Waals surface area contributed by atoms with Crippen molar-refractivity contribution < 1.29 is 16.8 Å². The van der Waals surface area contributed by atoms with Crippen molar-refractivity contribution in [2.24, 2.45) is 0 Å². The summed E-state index contributed by atoms with van der Waals surface area (Å²) in [5, 5.41) is 1.91. The van der Waals surface area contributed by atoms with E-state index in [1.807, 2.05) is 49.4 Å². The highest BCUT2D eigenvalue weighted by atomic mass is 32.2. The van der Waals surface area contributed by atoms with Crippen LogP contribution in [0.4, 0.5) is 11.4 Å². The Bertz CT molecular complexity index is 1310. The molecule has 3 aromatic rings. The zero-order chi connectivity index (χ0) is 22.1. The molecular formula is C23H26N2O4S2. The van der Waals surface area contributed by atoms with Crippen LogP contribution in [0.2, 0.25) is 0 Å². The number of fused-ring (bicyclic) bond motifs is 2. The predicted molar refractivity (Wildman–Crippen MR) is 126 cm³/mol. The van der Waals surface area contributed by atoms with Gasteiger partial charge >= 0.3 is 0 Å². The normalized spacial score (nSPS) is 14.4. The number of benzene rings is 3. The third kappa shape index (κ3) is 4.70. The molecule has 0 amide bonds. The van der Waals surface area contributed by atoms with Crippen LogP contribution in [-0.2, 0) is 32.2 Å². The highest BCUT2D eigenvalue weighted by Gasteiger charge is 2.27. The van der Waals surface area contributed by atoms with Crippen LogP contribution in [0.25, 0.3) is 10.8 Å². The van der Waals surface area contributed by atoms with Gasteiger partial charge in [0.1, 0.15) is 0 Å². The van der Waals surface area contributed by atoms with Gasteiger partial charge in [-0.2, -0.15) is 0 Å². The summed E-state index contributed by atoms with van der Waals surface area (Å²) in [6.45, 7) is 2.30. The number of rotatable bonds is 7. The largest absolute Gasteiger partial charge is 0.283 e. The van der Waals surface area contributed by atoms with Crippen LogP contribution in [0.15, 0.2) is 60.7 Å². The van der Waals surface area contributed by atoms with E-state index in [-0.39, 0.29) is 11.5 Å². The molecule has 4 rings (SSSR count). The standard InChI is InChI=1S/C23H26N2O4S2/c1-2-15-31(28,29)25-14-6-10-19-16-21(12-13-23(19)25)24-30(26,27)17-20-9-5-8-18-7-3-4-11-22(18)20/h3-5,7-9,11-13,16,24H,2,6,10,14-15,17H2,1H3. The Balaban J connectivity index is 1.58. The molecule has 1 N–H and O–H groups in total. The molecule has 1 heterocycles. The maximum Gasteiger partial charge on any atom is 0.236 e. The van der Waals surface area contributed by atoms with Gasteiger partial charge in [0, 0.05) is 12.2 Å². The molecule has 31 heavy (non-hydrogen) atoms. The second kappa shape index (κ2) is 8.51. The molecule has 164 valence electrons. The van der Waals surface area contributed by atoms with E-state index < -0.39 is 20.0 Å². The fourth-order valence-corrected chi connectivity index (χ4v) is 6.96. The quantitative estimate of drug-likeness (QED) is 0.573. The highest BCUT2D eigenvalue weighted by Crippen LogP contribution is 2.32. The van der Waals surface area contributed by atoms with Gasteiger partial charge in [0.25, 0.3) is 0 Å². The number of nitrogens with zero attached hydrogens (tertiary/aromatic N) is 1. The van der Waals surface area contributed by atoms with E-state index in [9.17, 15) is 16.8 Å². The summed E-state index contributed by atoms with van der Waals surface area (Å²) in [4.78, 5) is 0. The molecule has 0 radical (unpaired) electrons. The summed E-state index contributed by atoms with van der Waals surface area (Å²) >= 11 is 0. The molecule has 0 atom stereocenters. The van der Waals surface area contributed by atoms with E-state index in [1.54, 1.807) is 18.2 Å². The molecule has 8 heteroatoms. The molecule has 0 fully saturated rings. The van der Waals surface area contributed by atoms with E-state index in [2.05, 4.69) is 4.72 Å². The van der Waals surface area contributed by atoms with Gasteiger partial charge < -0.3 is 0 Å². The summed E-state index contributed by atoms with van der Waals surface area (Å²) in [7, 11) is -7.00. The summed E-state index contributed by atoms with van der Waals surface area (Å²) in [5.41, 5.74) is 2.68. The van der Waals surface area contributed by atoms with Crippen molar-refractivity contribution in [2.75, 3.05) is 21.3 Å². The minimum Gasteiger partial charge on any atom is -0.283 e. The minimum absolute atomic E-state index is 0.103. The first-order valence-corrected chi connectivity index (χ1v) is 13.7. The minimum atomic E-state index is -3.64. The fourth-order valence-electron chi connectivity index (χ4n) is 4.12. The van der Waals surface area contributed by atoms with Crippen molar-refractivity contribution in [2.45, 2.75) is 31.9 Å². The zero-order valence-electron chi connectivity index (χ0n) is 17.4. The monoisotopic (exact) mass is 458 g/mol. The van der Waals surface area contributed by atoms with E-state index in [0.29, 0.717) is 37.2 Å². The lowest BCUT2D eigenvalue weighted by Gasteiger charge is -2.30. The molecule has 0 saturated carbocycles. The number of hydrogen-bond donors (Lipinski definition) is 1. The third-order valence-electron chi connectivity index (χ3n) is 5.45. The summed E-state index contributed by atoms with van der Waals surface area (Å²) in [6, 6.07) is 18.4. The first kappa shape index (κ1) is 21.6. The molecule has 0 aromatic heterocycles. The second-order valence-electron chi connectivity index (χ2n) is 7.83. The van der Waals surface area contributed by atoms with Gasteiger partial charge in [0.15, 0.2) is 0 Å². The Morgan fingerprint density at radius 1 is 0.968 bits per heavy atom. The lowest BCUT2D eigenvalue weighted by molar-refractivity contribution is 0.585. The summed E-state index contributed by atoms with van der Waals surface area (Å²) in [6.07, 6.45) is 1.98. The molecule has 0 aliphatic carbocycles. The maximum absolute atomic E-state index is 12.9. The summed E-state index contributed by atoms with van der Waals surface area (Å²) < 4.78 is 55.0. The van der Waals surface area contributed by atoms with Crippen molar-refractivity contribution in [3.05, 3.63) is 71.8 Å². The van der Waals surface area contributed by atoms with E-state index >= 15 is 0 Å². The Kier molecular flexibility index (Phi) is 5.94. The average molecular weight is 459 g/mol. The molecule has 3 aromatic carbocycles. The maximum atomic E-state index is 12.9. The molecule has 0 spiro atoms. The van der Waals surface area contributed by atoms with Crippen LogP contribution >= 0.6 is 0 Å². The van der Waals surface area contributed by atoms with Crippen molar-refractivity contribution >= 4 is 42.2 Å². The lowest BCUT2D eigenvalue weighted by Crippen LogP contribution is -2.37. The molecule has 1 aliphatic rings. The van der Waals surface area contributed by atoms with Gasteiger partial charge in [-0.15, -0.1) is 0 Å². The molecule has 0 unspecified atom stereocenters. The number of anilines is 2.